The molecule has 3 nitrogen and oxygen atoms in total. The first-order chi connectivity index (χ1) is 9.13. The zero-order valence-electron chi connectivity index (χ0n) is 11.8. The third-order valence-electron chi connectivity index (χ3n) is 4.43. The van der Waals surface area contributed by atoms with Crippen molar-refractivity contribution < 1.29 is 4.79 Å². The molecule has 3 rings (SSSR count). The fourth-order valence-corrected chi connectivity index (χ4v) is 3.44. The number of rotatable bonds is 2. The molecule has 1 aliphatic heterocycles. The maximum absolute atomic E-state index is 12.3. The number of aryl methyl sites for hydroxylation is 2. The molecule has 0 saturated carbocycles. The van der Waals surface area contributed by atoms with Crippen molar-refractivity contribution in [2.45, 2.75) is 38.6 Å². The Morgan fingerprint density at radius 3 is 2.84 bits per heavy atom. The molecule has 102 valence electrons. The maximum Gasteiger partial charge on any atom is 0.241 e. The van der Waals surface area contributed by atoms with E-state index in [9.17, 15) is 4.79 Å². The molecule has 2 atom stereocenters. The number of likely N-dealkylation sites (tertiary alicyclic amines) is 1. The molecule has 1 heterocycles. The number of benzene rings is 1. The van der Waals surface area contributed by atoms with Crippen LogP contribution in [0, 0.1) is 5.92 Å². The molecular formula is C16H22N2O. The summed E-state index contributed by atoms with van der Waals surface area (Å²) in [6.45, 7) is 3.22. The lowest BCUT2D eigenvalue weighted by atomic mass is 10.1. The number of hydrogen-bond acceptors (Lipinski definition) is 2. The summed E-state index contributed by atoms with van der Waals surface area (Å²) >= 11 is 0. The summed E-state index contributed by atoms with van der Waals surface area (Å²) in [5.74, 6) is 0.755. The average Bonchev–Trinajstić information content (AvgIpc) is 2.94. The predicted molar refractivity (Wildman–Crippen MR) is 77.3 cm³/mol. The molecule has 1 aromatic carbocycles. The standard InChI is InChI=1S/C16H22N2O/c1-11-8-15(18(2)10-11)16(19)17-14-7-6-12-4-3-5-13(12)9-14/h6-7,9,11,15H,3-5,8,10H2,1-2H3,(H,17,19)/t11-,15-/m0/s1. The van der Waals surface area contributed by atoms with Crippen LogP contribution in [0.25, 0.3) is 0 Å². The minimum atomic E-state index is 0.0308. The van der Waals surface area contributed by atoms with E-state index < -0.39 is 0 Å². The molecule has 1 aromatic rings. The SMILES string of the molecule is C[C@H]1C[C@@H](C(=O)Nc2ccc3c(c2)CCC3)N(C)C1. The third kappa shape index (κ3) is 2.52. The maximum atomic E-state index is 12.3. The highest BCUT2D eigenvalue weighted by atomic mass is 16.2. The van der Waals surface area contributed by atoms with E-state index in [1.165, 1.54) is 24.0 Å². The van der Waals surface area contributed by atoms with Gasteiger partial charge in [0.25, 0.3) is 0 Å². The molecule has 1 amide bonds. The number of nitrogens with one attached hydrogen (secondary N) is 1. The molecule has 0 bridgehead atoms. The first kappa shape index (κ1) is 12.7. The van der Waals surface area contributed by atoms with Gasteiger partial charge in [0.15, 0.2) is 0 Å². The van der Waals surface area contributed by atoms with E-state index in [1.807, 2.05) is 13.1 Å². The summed E-state index contributed by atoms with van der Waals surface area (Å²) in [4.78, 5) is 14.5. The van der Waals surface area contributed by atoms with Crippen molar-refractivity contribution >= 4 is 11.6 Å². The van der Waals surface area contributed by atoms with Gasteiger partial charge in [-0.05, 0) is 61.9 Å². The van der Waals surface area contributed by atoms with Crippen molar-refractivity contribution in [1.82, 2.24) is 4.90 Å². The van der Waals surface area contributed by atoms with E-state index in [-0.39, 0.29) is 11.9 Å². The molecule has 2 aliphatic rings. The van der Waals surface area contributed by atoms with Gasteiger partial charge >= 0.3 is 0 Å². The van der Waals surface area contributed by atoms with Gasteiger partial charge in [-0.2, -0.15) is 0 Å². The van der Waals surface area contributed by atoms with Crippen LogP contribution in [0.15, 0.2) is 18.2 Å². The number of amides is 1. The minimum Gasteiger partial charge on any atom is -0.325 e. The zero-order valence-corrected chi connectivity index (χ0v) is 11.8. The number of nitrogens with zero attached hydrogens (tertiary/aromatic N) is 1. The summed E-state index contributed by atoms with van der Waals surface area (Å²) in [6, 6.07) is 6.39. The Hall–Kier alpha value is -1.35. The summed E-state index contributed by atoms with van der Waals surface area (Å²) in [7, 11) is 2.04. The summed E-state index contributed by atoms with van der Waals surface area (Å²) < 4.78 is 0. The van der Waals surface area contributed by atoms with Gasteiger partial charge in [-0.25, -0.2) is 0 Å². The molecule has 1 fully saturated rings. The second-order valence-electron chi connectivity index (χ2n) is 6.12. The molecule has 3 heteroatoms. The van der Waals surface area contributed by atoms with Crippen LogP contribution < -0.4 is 5.32 Å². The van der Waals surface area contributed by atoms with E-state index in [2.05, 4.69) is 29.3 Å². The van der Waals surface area contributed by atoms with E-state index in [1.54, 1.807) is 0 Å². The minimum absolute atomic E-state index is 0.0308. The van der Waals surface area contributed by atoms with Crippen LogP contribution in [-0.4, -0.2) is 30.4 Å². The molecule has 0 unspecified atom stereocenters. The van der Waals surface area contributed by atoms with Crippen LogP contribution in [0.4, 0.5) is 5.69 Å². The molecular weight excluding hydrogens is 236 g/mol. The Balaban J connectivity index is 1.69. The summed E-state index contributed by atoms with van der Waals surface area (Å²) in [6.07, 6.45) is 4.55. The highest BCUT2D eigenvalue weighted by Gasteiger charge is 2.32. The fraction of sp³-hybridized carbons (Fsp3) is 0.562. The number of fused-ring (bicyclic) bond motifs is 1. The van der Waals surface area contributed by atoms with Gasteiger partial charge in [0.1, 0.15) is 0 Å². The predicted octanol–water partition coefficient (Wildman–Crippen LogP) is 2.45. The van der Waals surface area contributed by atoms with Crippen LogP contribution >= 0.6 is 0 Å². The third-order valence-corrected chi connectivity index (χ3v) is 4.43. The second-order valence-corrected chi connectivity index (χ2v) is 6.12. The Morgan fingerprint density at radius 1 is 1.32 bits per heavy atom. The van der Waals surface area contributed by atoms with Crippen LogP contribution in [-0.2, 0) is 17.6 Å². The first-order valence-corrected chi connectivity index (χ1v) is 7.26. The monoisotopic (exact) mass is 258 g/mol. The van der Waals surface area contributed by atoms with Crippen molar-refractivity contribution in [3.8, 4) is 0 Å². The first-order valence-electron chi connectivity index (χ1n) is 7.26. The molecule has 19 heavy (non-hydrogen) atoms. The highest BCUT2D eigenvalue weighted by molar-refractivity contribution is 5.95. The van der Waals surface area contributed by atoms with Crippen molar-refractivity contribution in [3.05, 3.63) is 29.3 Å². The van der Waals surface area contributed by atoms with Crippen molar-refractivity contribution in [3.63, 3.8) is 0 Å². The van der Waals surface area contributed by atoms with E-state index >= 15 is 0 Å². The van der Waals surface area contributed by atoms with Gasteiger partial charge < -0.3 is 5.32 Å². The van der Waals surface area contributed by atoms with Crippen molar-refractivity contribution in [2.75, 3.05) is 18.9 Å². The molecule has 1 N–H and O–H groups in total. The number of carbonyl (C=O) groups is 1. The van der Waals surface area contributed by atoms with Crippen LogP contribution in [0.5, 0.6) is 0 Å². The van der Waals surface area contributed by atoms with Gasteiger partial charge in [-0.3, -0.25) is 9.69 Å². The second kappa shape index (κ2) is 4.97. The highest BCUT2D eigenvalue weighted by Crippen LogP contribution is 2.26. The van der Waals surface area contributed by atoms with Gasteiger partial charge in [0.2, 0.25) is 5.91 Å². The molecule has 0 aromatic heterocycles. The topological polar surface area (TPSA) is 32.3 Å². The quantitative estimate of drug-likeness (QED) is 0.883. The number of hydrogen-bond donors (Lipinski definition) is 1. The van der Waals surface area contributed by atoms with Gasteiger partial charge in [-0.15, -0.1) is 0 Å². The smallest absolute Gasteiger partial charge is 0.241 e. The Labute approximate surface area is 115 Å². The van der Waals surface area contributed by atoms with Crippen LogP contribution in [0.1, 0.15) is 30.9 Å². The van der Waals surface area contributed by atoms with Crippen LogP contribution in [0.2, 0.25) is 0 Å². The normalized spacial score (nSPS) is 26.4. The Kier molecular flexibility index (Phi) is 3.31. The summed E-state index contributed by atoms with van der Waals surface area (Å²) in [5, 5.41) is 3.08. The molecule has 1 aliphatic carbocycles. The van der Waals surface area contributed by atoms with Gasteiger partial charge in [0, 0.05) is 12.2 Å². The number of anilines is 1. The van der Waals surface area contributed by atoms with Crippen LogP contribution in [0.3, 0.4) is 0 Å². The van der Waals surface area contributed by atoms with Gasteiger partial charge in [-0.1, -0.05) is 13.0 Å². The zero-order chi connectivity index (χ0) is 13.4. The van der Waals surface area contributed by atoms with E-state index in [4.69, 9.17) is 0 Å². The number of likely N-dealkylation sites (N-methyl/N-ethyl adjacent to an activating group) is 1. The van der Waals surface area contributed by atoms with E-state index in [0.29, 0.717) is 5.92 Å². The molecule has 1 saturated heterocycles. The largest absolute Gasteiger partial charge is 0.325 e. The van der Waals surface area contributed by atoms with Gasteiger partial charge in [0.05, 0.1) is 6.04 Å². The summed E-state index contributed by atoms with van der Waals surface area (Å²) in [5.41, 5.74) is 3.81. The Morgan fingerprint density at radius 2 is 2.11 bits per heavy atom. The molecule has 0 spiro atoms. The lowest BCUT2D eigenvalue weighted by Gasteiger charge is -2.18. The van der Waals surface area contributed by atoms with E-state index in [0.717, 1.165) is 25.1 Å². The van der Waals surface area contributed by atoms with Crippen molar-refractivity contribution in [1.29, 1.82) is 0 Å². The lowest BCUT2D eigenvalue weighted by Crippen LogP contribution is -2.37. The fourth-order valence-electron chi connectivity index (χ4n) is 3.44. The Bertz CT molecular complexity index is 498. The number of carbonyl (C=O) groups excluding carboxylic acids is 1. The average molecular weight is 258 g/mol. The molecule has 0 radical (unpaired) electrons. The lowest BCUT2D eigenvalue weighted by molar-refractivity contribution is -0.119. The van der Waals surface area contributed by atoms with Crippen molar-refractivity contribution in [2.24, 2.45) is 5.92 Å².